The molecule has 0 saturated carbocycles. The predicted molar refractivity (Wildman–Crippen MR) is 25.2 cm³/mol. The number of H-pyrrole nitrogens is 1. The van der Waals surface area contributed by atoms with Crippen LogP contribution in [0.4, 0.5) is 13.2 Å². The summed E-state index contributed by atoms with van der Waals surface area (Å²) in [6.07, 6.45) is -7.41. The monoisotopic (exact) mass is 168 g/mol. The van der Waals surface area contributed by atoms with E-state index in [0.29, 0.717) is 0 Å². The lowest BCUT2D eigenvalue weighted by molar-refractivity contribution is -0.209. The van der Waals surface area contributed by atoms with Gasteiger partial charge in [-0.2, -0.15) is 18.4 Å². The maximum absolute atomic E-state index is 11.6. The summed E-state index contributed by atoms with van der Waals surface area (Å²) < 4.78 is 34.9. The molecule has 0 spiro atoms. The molecule has 0 bridgehead atoms. The second-order valence-corrected chi connectivity index (χ2v) is 1.71. The number of aromatic nitrogens is 4. The summed E-state index contributed by atoms with van der Waals surface area (Å²) >= 11 is 0. The molecule has 62 valence electrons. The van der Waals surface area contributed by atoms with Gasteiger partial charge in [0.15, 0.2) is 0 Å². The summed E-state index contributed by atoms with van der Waals surface area (Å²) in [7, 11) is 0. The molecule has 0 aliphatic rings. The zero-order valence-corrected chi connectivity index (χ0v) is 5.00. The molecule has 0 saturated heterocycles. The van der Waals surface area contributed by atoms with Gasteiger partial charge in [0, 0.05) is 0 Å². The van der Waals surface area contributed by atoms with Crippen LogP contribution in [-0.2, 0) is 0 Å². The number of alkyl halides is 3. The van der Waals surface area contributed by atoms with Crippen molar-refractivity contribution < 1.29 is 18.3 Å². The molecule has 0 amide bonds. The van der Waals surface area contributed by atoms with Gasteiger partial charge in [-0.25, -0.2) is 0 Å². The van der Waals surface area contributed by atoms with Crippen molar-refractivity contribution in [3.8, 4) is 0 Å². The maximum atomic E-state index is 11.6. The average Bonchev–Trinajstić information content (AvgIpc) is 2.34. The van der Waals surface area contributed by atoms with E-state index in [0.717, 1.165) is 0 Å². The first-order chi connectivity index (χ1) is 5.02. The van der Waals surface area contributed by atoms with E-state index in [9.17, 15) is 13.2 Å². The lowest BCUT2D eigenvalue weighted by atomic mass is 10.3. The van der Waals surface area contributed by atoms with Gasteiger partial charge in [-0.3, -0.25) is 0 Å². The van der Waals surface area contributed by atoms with Crippen molar-refractivity contribution in [2.24, 2.45) is 0 Å². The first-order valence-electron chi connectivity index (χ1n) is 2.50. The Hall–Kier alpha value is -1.18. The van der Waals surface area contributed by atoms with Gasteiger partial charge in [0.05, 0.1) is 0 Å². The van der Waals surface area contributed by atoms with Gasteiger partial charge in [0.25, 0.3) is 0 Å². The maximum Gasteiger partial charge on any atom is 0.421 e. The standard InChI is InChI=1S/C3H3F3N4O/c4-3(5,6)1(11)2-7-9-10-8-2/h1,11H,(H,7,8,9,10)/t1-/m0/s1. The third-order valence-corrected chi connectivity index (χ3v) is 0.916. The molecule has 1 heterocycles. The molecule has 1 atom stereocenters. The quantitative estimate of drug-likeness (QED) is 0.608. The highest BCUT2D eigenvalue weighted by Crippen LogP contribution is 2.29. The minimum Gasteiger partial charge on any atom is -0.377 e. The van der Waals surface area contributed by atoms with Crippen molar-refractivity contribution in [1.82, 2.24) is 20.6 Å². The van der Waals surface area contributed by atoms with E-state index in [1.807, 2.05) is 5.21 Å². The Kier molecular flexibility index (Phi) is 1.77. The van der Waals surface area contributed by atoms with E-state index in [1.165, 1.54) is 0 Å². The Morgan fingerprint density at radius 3 is 2.45 bits per heavy atom. The first-order valence-corrected chi connectivity index (χ1v) is 2.50. The molecule has 0 fully saturated rings. The first kappa shape index (κ1) is 7.92. The Morgan fingerprint density at radius 2 is 2.09 bits per heavy atom. The van der Waals surface area contributed by atoms with Crippen LogP contribution < -0.4 is 0 Å². The van der Waals surface area contributed by atoms with Gasteiger partial charge in [-0.1, -0.05) is 5.21 Å². The fraction of sp³-hybridized carbons (Fsp3) is 0.667. The zero-order valence-electron chi connectivity index (χ0n) is 5.00. The second-order valence-electron chi connectivity index (χ2n) is 1.71. The number of aromatic amines is 1. The molecule has 1 aromatic rings. The molecular formula is C3H3F3N4O. The van der Waals surface area contributed by atoms with Crippen molar-refractivity contribution in [3.05, 3.63) is 5.82 Å². The van der Waals surface area contributed by atoms with Crippen LogP contribution in [0.1, 0.15) is 11.9 Å². The molecule has 0 aromatic carbocycles. The Balaban J connectivity index is 2.78. The molecule has 1 aromatic heterocycles. The van der Waals surface area contributed by atoms with E-state index in [-0.39, 0.29) is 0 Å². The third kappa shape index (κ3) is 1.64. The molecule has 2 N–H and O–H groups in total. The number of hydrogen-bond donors (Lipinski definition) is 2. The van der Waals surface area contributed by atoms with Gasteiger partial charge in [-0.15, -0.1) is 10.2 Å². The lowest BCUT2D eigenvalue weighted by Gasteiger charge is -2.08. The highest BCUT2D eigenvalue weighted by atomic mass is 19.4. The van der Waals surface area contributed by atoms with Crippen LogP contribution in [0.25, 0.3) is 0 Å². The molecule has 0 aliphatic carbocycles. The molecule has 8 heteroatoms. The highest BCUT2D eigenvalue weighted by Gasteiger charge is 2.42. The van der Waals surface area contributed by atoms with Crippen molar-refractivity contribution in [2.75, 3.05) is 0 Å². The van der Waals surface area contributed by atoms with E-state index in [1.54, 1.807) is 0 Å². The topological polar surface area (TPSA) is 74.7 Å². The van der Waals surface area contributed by atoms with Crippen molar-refractivity contribution in [1.29, 1.82) is 0 Å². The summed E-state index contributed by atoms with van der Waals surface area (Å²) in [6.45, 7) is 0. The van der Waals surface area contributed by atoms with Crippen LogP contribution in [-0.4, -0.2) is 31.9 Å². The summed E-state index contributed by atoms with van der Waals surface area (Å²) in [6, 6.07) is 0. The normalized spacial score (nSPS) is 14.9. The smallest absolute Gasteiger partial charge is 0.377 e. The van der Waals surface area contributed by atoms with Crippen LogP contribution in [0, 0.1) is 0 Å². The van der Waals surface area contributed by atoms with Crippen molar-refractivity contribution in [3.63, 3.8) is 0 Å². The number of nitrogens with one attached hydrogen (secondary N) is 1. The number of halogens is 3. The highest BCUT2D eigenvalue weighted by molar-refractivity contribution is 4.87. The third-order valence-electron chi connectivity index (χ3n) is 0.916. The van der Waals surface area contributed by atoms with Crippen LogP contribution in [0.3, 0.4) is 0 Å². The summed E-state index contributed by atoms with van der Waals surface area (Å²) in [5, 5.41) is 19.0. The Bertz CT molecular complexity index is 219. The summed E-state index contributed by atoms with van der Waals surface area (Å²) in [5.41, 5.74) is 0. The van der Waals surface area contributed by atoms with E-state index in [4.69, 9.17) is 5.11 Å². The number of rotatable bonds is 1. The lowest BCUT2D eigenvalue weighted by Crippen LogP contribution is -2.21. The van der Waals surface area contributed by atoms with Gasteiger partial charge in [0.1, 0.15) is 0 Å². The summed E-state index contributed by atoms with van der Waals surface area (Å²) in [5.74, 6) is -0.780. The molecule has 0 radical (unpaired) electrons. The Morgan fingerprint density at radius 1 is 1.45 bits per heavy atom. The second kappa shape index (κ2) is 2.46. The molecule has 11 heavy (non-hydrogen) atoms. The van der Waals surface area contributed by atoms with Crippen molar-refractivity contribution in [2.45, 2.75) is 12.3 Å². The van der Waals surface area contributed by atoms with Crippen LogP contribution in [0.2, 0.25) is 0 Å². The van der Waals surface area contributed by atoms with E-state index >= 15 is 0 Å². The number of aliphatic hydroxyl groups excluding tert-OH is 1. The average molecular weight is 168 g/mol. The predicted octanol–water partition coefficient (Wildman–Crippen LogP) is -0.205. The Labute approximate surface area is 58.2 Å². The van der Waals surface area contributed by atoms with E-state index < -0.39 is 18.1 Å². The number of tetrazole rings is 1. The molecule has 1 rings (SSSR count). The van der Waals surface area contributed by atoms with Gasteiger partial charge in [-0.05, 0) is 0 Å². The minimum absolute atomic E-state index is 0.780. The van der Waals surface area contributed by atoms with Gasteiger partial charge >= 0.3 is 6.18 Å². The van der Waals surface area contributed by atoms with E-state index in [2.05, 4.69) is 15.4 Å². The molecule has 0 unspecified atom stereocenters. The van der Waals surface area contributed by atoms with Crippen LogP contribution >= 0.6 is 0 Å². The fourth-order valence-electron chi connectivity index (χ4n) is 0.432. The van der Waals surface area contributed by atoms with Gasteiger partial charge in [0.2, 0.25) is 11.9 Å². The van der Waals surface area contributed by atoms with Gasteiger partial charge < -0.3 is 5.11 Å². The SMILES string of the molecule is O[C@@H](c1nn[nH]n1)C(F)(F)F. The molecule has 5 nitrogen and oxygen atoms in total. The van der Waals surface area contributed by atoms with Crippen LogP contribution in [0.5, 0.6) is 0 Å². The number of aliphatic hydroxyl groups is 1. The number of nitrogens with zero attached hydrogens (tertiary/aromatic N) is 3. The molecule has 0 aliphatic heterocycles. The minimum atomic E-state index is -4.75. The zero-order chi connectivity index (χ0) is 8.48. The fourth-order valence-corrected chi connectivity index (χ4v) is 0.432. The van der Waals surface area contributed by atoms with Crippen molar-refractivity contribution >= 4 is 0 Å². The molecular weight excluding hydrogens is 165 g/mol. The largest absolute Gasteiger partial charge is 0.421 e. The number of hydrogen-bond acceptors (Lipinski definition) is 4. The van der Waals surface area contributed by atoms with Crippen LogP contribution in [0.15, 0.2) is 0 Å². The summed E-state index contributed by atoms with van der Waals surface area (Å²) in [4.78, 5) is 0.